The predicted molar refractivity (Wildman–Crippen MR) is 94.7 cm³/mol. The van der Waals surface area contributed by atoms with E-state index in [0.717, 1.165) is 19.6 Å². The summed E-state index contributed by atoms with van der Waals surface area (Å²) in [5, 5.41) is 3.54. The molecule has 2 aromatic rings. The van der Waals surface area contributed by atoms with Gasteiger partial charge in [0.15, 0.2) is 5.13 Å². The van der Waals surface area contributed by atoms with Gasteiger partial charge in [0.2, 0.25) is 5.91 Å². The maximum Gasteiger partial charge on any atom is 0.225 e. The van der Waals surface area contributed by atoms with Crippen molar-refractivity contribution in [1.29, 1.82) is 0 Å². The second-order valence-electron chi connectivity index (χ2n) is 5.99. The summed E-state index contributed by atoms with van der Waals surface area (Å²) in [7, 11) is 0. The van der Waals surface area contributed by atoms with Gasteiger partial charge in [-0.3, -0.25) is 9.69 Å². The number of benzene rings is 1. The average molecular weight is 329 g/mol. The number of hydrogen-bond acceptors (Lipinski definition) is 4. The first-order chi connectivity index (χ1) is 11.2. The van der Waals surface area contributed by atoms with Crippen LogP contribution in [-0.4, -0.2) is 28.9 Å². The van der Waals surface area contributed by atoms with Gasteiger partial charge in [0, 0.05) is 24.0 Å². The number of likely N-dealkylation sites (tertiary alicyclic amines) is 1. The molecule has 3 rings (SSSR count). The molecule has 0 spiro atoms. The van der Waals surface area contributed by atoms with E-state index in [4.69, 9.17) is 0 Å². The van der Waals surface area contributed by atoms with Crippen molar-refractivity contribution in [1.82, 2.24) is 9.88 Å². The van der Waals surface area contributed by atoms with Crippen molar-refractivity contribution < 1.29 is 4.79 Å². The van der Waals surface area contributed by atoms with E-state index in [0.29, 0.717) is 17.5 Å². The summed E-state index contributed by atoms with van der Waals surface area (Å²) >= 11 is 1.58. The molecule has 5 heteroatoms. The van der Waals surface area contributed by atoms with E-state index in [1.807, 2.05) is 13.1 Å². The number of carbonyl (C=O) groups excluding carboxylic acids is 1. The zero-order valence-electron chi connectivity index (χ0n) is 13.5. The van der Waals surface area contributed by atoms with Crippen molar-refractivity contribution in [2.75, 3.05) is 18.4 Å². The number of carbonyl (C=O) groups is 1. The van der Waals surface area contributed by atoms with Crippen molar-refractivity contribution in [3.05, 3.63) is 47.0 Å². The molecule has 0 atom stereocenters. The Bertz CT molecular complexity index is 633. The molecule has 0 unspecified atom stereocenters. The first-order valence-electron chi connectivity index (χ1n) is 8.26. The van der Waals surface area contributed by atoms with Crippen LogP contribution in [0.2, 0.25) is 0 Å². The standard InChI is InChI=1S/C18H23N3OS/c1-2-17(22)20-18-19-12-16(23-18)13-21-10-8-15(9-11-21)14-6-4-3-5-7-14/h3-7,12,15H,2,8-11,13H2,1H3,(H,19,20,22). The predicted octanol–water partition coefficient (Wildman–Crippen LogP) is 3.87. The second-order valence-corrected chi connectivity index (χ2v) is 7.11. The molecular weight excluding hydrogens is 306 g/mol. The monoisotopic (exact) mass is 329 g/mol. The van der Waals surface area contributed by atoms with Gasteiger partial charge in [0.1, 0.15) is 0 Å². The lowest BCUT2D eigenvalue weighted by Gasteiger charge is -2.31. The molecule has 122 valence electrons. The Morgan fingerprint density at radius 1 is 1.30 bits per heavy atom. The molecule has 1 N–H and O–H groups in total. The van der Waals surface area contributed by atoms with E-state index in [-0.39, 0.29) is 5.91 Å². The van der Waals surface area contributed by atoms with Crippen molar-refractivity contribution in [2.24, 2.45) is 0 Å². The molecule has 1 saturated heterocycles. The van der Waals surface area contributed by atoms with Gasteiger partial charge in [0.05, 0.1) is 0 Å². The zero-order chi connectivity index (χ0) is 16.1. The van der Waals surface area contributed by atoms with Crippen molar-refractivity contribution >= 4 is 22.4 Å². The molecule has 0 saturated carbocycles. The molecule has 0 aliphatic carbocycles. The Hall–Kier alpha value is -1.72. The van der Waals surface area contributed by atoms with Crippen LogP contribution in [0.15, 0.2) is 36.5 Å². The van der Waals surface area contributed by atoms with Crippen LogP contribution in [0.1, 0.15) is 42.5 Å². The zero-order valence-corrected chi connectivity index (χ0v) is 14.3. The first-order valence-corrected chi connectivity index (χ1v) is 9.08. The topological polar surface area (TPSA) is 45.2 Å². The molecule has 1 aliphatic rings. The Morgan fingerprint density at radius 2 is 2.04 bits per heavy atom. The Balaban J connectivity index is 1.50. The number of piperidine rings is 1. The highest BCUT2D eigenvalue weighted by Crippen LogP contribution is 2.29. The number of nitrogens with zero attached hydrogens (tertiary/aromatic N) is 2. The lowest BCUT2D eigenvalue weighted by atomic mass is 9.89. The van der Waals surface area contributed by atoms with Gasteiger partial charge in [-0.25, -0.2) is 4.98 Å². The number of nitrogens with one attached hydrogen (secondary N) is 1. The summed E-state index contributed by atoms with van der Waals surface area (Å²) in [4.78, 5) is 19.4. The third kappa shape index (κ3) is 4.39. The highest BCUT2D eigenvalue weighted by atomic mass is 32.1. The lowest BCUT2D eigenvalue weighted by molar-refractivity contribution is -0.115. The van der Waals surface area contributed by atoms with Gasteiger partial charge in [-0.1, -0.05) is 37.3 Å². The van der Waals surface area contributed by atoms with Gasteiger partial charge in [-0.15, -0.1) is 11.3 Å². The fraction of sp³-hybridized carbons (Fsp3) is 0.444. The fourth-order valence-corrected chi connectivity index (χ4v) is 3.89. The Morgan fingerprint density at radius 3 is 2.74 bits per heavy atom. The van der Waals surface area contributed by atoms with E-state index in [1.54, 1.807) is 11.3 Å². The largest absolute Gasteiger partial charge is 0.302 e. The summed E-state index contributed by atoms with van der Waals surface area (Å²) in [5.41, 5.74) is 1.47. The molecule has 1 fully saturated rings. The summed E-state index contributed by atoms with van der Waals surface area (Å²) < 4.78 is 0. The van der Waals surface area contributed by atoms with Crippen LogP contribution in [0.3, 0.4) is 0 Å². The van der Waals surface area contributed by atoms with Crippen LogP contribution >= 0.6 is 11.3 Å². The smallest absolute Gasteiger partial charge is 0.225 e. The maximum absolute atomic E-state index is 11.4. The summed E-state index contributed by atoms with van der Waals surface area (Å²) in [6.07, 6.45) is 4.80. The third-order valence-electron chi connectivity index (χ3n) is 4.36. The maximum atomic E-state index is 11.4. The third-order valence-corrected chi connectivity index (χ3v) is 5.26. The normalized spacial score (nSPS) is 16.4. The van der Waals surface area contributed by atoms with Crippen LogP contribution in [0.5, 0.6) is 0 Å². The molecule has 1 aromatic heterocycles. The van der Waals surface area contributed by atoms with Crippen LogP contribution in [0.25, 0.3) is 0 Å². The van der Waals surface area contributed by atoms with E-state index >= 15 is 0 Å². The average Bonchev–Trinajstić information content (AvgIpc) is 3.03. The van der Waals surface area contributed by atoms with E-state index < -0.39 is 0 Å². The highest BCUT2D eigenvalue weighted by molar-refractivity contribution is 7.15. The minimum Gasteiger partial charge on any atom is -0.302 e. The molecule has 1 amide bonds. The summed E-state index contributed by atoms with van der Waals surface area (Å²) in [6, 6.07) is 10.8. The number of rotatable bonds is 5. The van der Waals surface area contributed by atoms with E-state index in [9.17, 15) is 4.79 Å². The van der Waals surface area contributed by atoms with E-state index in [2.05, 4.69) is 45.5 Å². The molecule has 0 radical (unpaired) electrons. The van der Waals surface area contributed by atoms with Gasteiger partial charge < -0.3 is 5.32 Å². The molecule has 23 heavy (non-hydrogen) atoms. The Kier molecular flexibility index (Phi) is 5.41. The van der Waals surface area contributed by atoms with Crippen LogP contribution in [0, 0.1) is 0 Å². The number of amides is 1. The number of anilines is 1. The molecule has 1 aromatic carbocycles. The molecule has 0 bridgehead atoms. The quantitative estimate of drug-likeness (QED) is 0.905. The Labute approximate surface area is 141 Å². The SMILES string of the molecule is CCC(=O)Nc1ncc(CN2CCC(c3ccccc3)CC2)s1. The summed E-state index contributed by atoms with van der Waals surface area (Å²) in [6.45, 7) is 5.02. The molecule has 2 heterocycles. The van der Waals surface area contributed by atoms with Crippen molar-refractivity contribution in [2.45, 2.75) is 38.6 Å². The van der Waals surface area contributed by atoms with Gasteiger partial charge in [0.25, 0.3) is 0 Å². The van der Waals surface area contributed by atoms with Gasteiger partial charge in [-0.2, -0.15) is 0 Å². The minimum absolute atomic E-state index is 0.0228. The van der Waals surface area contributed by atoms with Crippen molar-refractivity contribution in [3.8, 4) is 0 Å². The fourth-order valence-electron chi connectivity index (χ4n) is 3.02. The van der Waals surface area contributed by atoms with Crippen LogP contribution < -0.4 is 5.32 Å². The second kappa shape index (κ2) is 7.70. The van der Waals surface area contributed by atoms with E-state index in [1.165, 1.54) is 23.3 Å². The number of aromatic nitrogens is 1. The number of hydrogen-bond donors (Lipinski definition) is 1. The summed E-state index contributed by atoms with van der Waals surface area (Å²) in [5.74, 6) is 0.711. The minimum atomic E-state index is 0.0228. The lowest BCUT2D eigenvalue weighted by Crippen LogP contribution is -2.32. The molecule has 1 aliphatic heterocycles. The van der Waals surface area contributed by atoms with Gasteiger partial charge >= 0.3 is 0 Å². The van der Waals surface area contributed by atoms with Gasteiger partial charge in [-0.05, 0) is 37.4 Å². The number of thiazole rings is 1. The van der Waals surface area contributed by atoms with Crippen LogP contribution in [-0.2, 0) is 11.3 Å². The molecular formula is C18H23N3OS. The van der Waals surface area contributed by atoms with Crippen LogP contribution in [0.4, 0.5) is 5.13 Å². The molecule has 4 nitrogen and oxygen atoms in total. The highest BCUT2D eigenvalue weighted by Gasteiger charge is 2.21. The first kappa shape index (κ1) is 16.1. The van der Waals surface area contributed by atoms with Crippen molar-refractivity contribution in [3.63, 3.8) is 0 Å².